The average molecular weight is 232 g/mol. The van der Waals surface area contributed by atoms with Crippen LogP contribution < -0.4 is 10.6 Å². The molecule has 0 radical (unpaired) electrons. The van der Waals surface area contributed by atoms with Gasteiger partial charge in [0.15, 0.2) is 0 Å². The van der Waals surface area contributed by atoms with Crippen LogP contribution in [0, 0.1) is 5.92 Å². The minimum absolute atomic E-state index is 0.262. The summed E-state index contributed by atoms with van der Waals surface area (Å²) >= 11 is 0. The minimum atomic E-state index is -0.910. The average Bonchev–Trinajstić information content (AvgIpc) is 2.55. The van der Waals surface area contributed by atoms with E-state index in [-0.39, 0.29) is 5.91 Å². The Morgan fingerprint density at radius 1 is 1.18 bits per heavy atom. The number of amides is 3. The highest BCUT2D eigenvalue weighted by Crippen LogP contribution is 2.31. The lowest BCUT2D eigenvalue weighted by molar-refractivity contribution is -0.124. The molecule has 0 aliphatic carbocycles. The molecule has 4 nitrogen and oxygen atoms in total. The summed E-state index contributed by atoms with van der Waals surface area (Å²) in [4.78, 5) is 23.4. The largest absolute Gasteiger partial charge is 0.322 e. The van der Waals surface area contributed by atoms with Gasteiger partial charge in [0.05, 0.1) is 0 Å². The van der Waals surface area contributed by atoms with Gasteiger partial charge in [-0.1, -0.05) is 44.2 Å². The molecule has 0 saturated carbocycles. The van der Waals surface area contributed by atoms with Crippen LogP contribution in [-0.4, -0.2) is 11.9 Å². The fourth-order valence-corrected chi connectivity index (χ4v) is 2.29. The lowest BCUT2D eigenvalue weighted by atomic mass is 9.82. The van der Waals surface area contributed by atoms with E-state index in [0.717, 1.165) is 5.56 Å². The molecule has 1 heterocycles. The number of hydrogen-bond donors (Lipinski definition) is 2. The molecule has 2 rings (SSSR count). The van der Waals surface area contributed by atoms with Crippen molar-refractivity contribution in [2.24, 2.45) is 5.92 Å². The lowest BCUT2D eigenvalue weighted by Crippen LogP contribution is -2.44. The lowest BCUT2D eigenvalue weighted by Gasteiger charge is -2.28. The molecular weight excluding hydrogens is 216 g/mol. The Kier molecular flexibility index (Phi) is 2.88. The third-order valence-electron chi connectivity index (χ3n) is 2.92. The quantitative estimate of drug-likeness (QED) is 0.780. The first-order valence-electron chi connectivity index (χ1n) is 5.74. The number of nitrogens with one attached hydrogen (secondary N) is 2. The van der Waals surface area contributed by atoms with Crippen molar-refractivity contribution < 1.29 is 9.59 Å². The van der Waals surface area contributed by atoms with E-state index in [9.17, 15) is 9.59 Å². The molecule has 1 saturated heterocycles. The van der Waals surface area contributed by atoms with Crippen LogP contribution in [0.2, 0.25) is 0 Å². The molecule has 1 aromatic carbocycles. The first-order valence-corrected chi connectivity index (χ1v) is 5.74. The van der Waals surface area contributed by atoms with Crippen LogP contribution in [0.3, 0.4) is 0 Å². The van der Waals surface area contributed by atoms with Gasteiger partial charge in [0, 0.05) is 0 Å². The Hall–Kier alpha value is -1.84. The Labute approximate surface area is 100 Å². The monoisotopic (exact) mass is 232 g/mol. The Morgan fingerprint density at radius 2 is 1.82 bits per heavy atom. The highest BCUT2D eigenvalue weighted by molar-refractivity contribution is 6.07. The van der Waals surface area contributed by atoms with Gasteiger partial charge in [-0.25, -0.2) is 4.79 Å². The van der Waals surface area contributed by atoms with Crippen molar-refractivity contribution >= 4 is 11.9 Å². The standard InChI is InChI=1S/C13H16N2O2/c1-9(2)8-13(10-6-4-3-5-7-10)11(16)14-12(17)15-13/h3-7,9H,8H2,1-2H3,(H2,14,15,16,17)/t13-/m0/s1. The van der Waals surface area contributed by atoms with Crippen LogP contribution >= 0.6 is 0 Å². The predicted molar refractivity (Wildman–Crippen MR) is 64.2 cm³/mol. The topological polar surface area (TPSA) is 58.2 Å². The summed E-state index contributed by atoms with van der Waals surface area (Å²) in [6.07, 6.45) is 0.592. The van der Waals surface area contributed by atoms with Crippen LogP contribution in [0.4, 0.5) is 4.79 Å². The zero-order chi connectivity index (χ0) is 12.5. The molecule has 0 spiro atoms. The zero-order valence-electron chi connectivity index (χ0n) is 9.99. The summed E-state index contributed by atoms with van der Waals surface area (Å²) in [7, 11) is 0. The molecule has 1 aliphatic heterocycles. The fraction of sp³-hybridized carbons (Fsp3) is 0.385. The van der Waals surface area contributed by atoms with Crippen LogP contribution in [0.5, 0.6) is 0 Å². The van der Waals surface area contributed by atoms with Crippen molar-refractivity contribution in [3.8, 4) is 0 Å². The van der Waals surface area contributed by atoms with Gasteiger partial charge >= 0.3 is 6.03 Å². The maximum absolute atomic E-state index is 12.0. The smallest absolute Gasteiger partial charge is 0.319 e. The number of hydrogen-bond acceptors (Lipinski definition) is 2. The van der Waals surface area contributed by atoms with Crippen LogP contribution in [0.1, 0.15) is 25.8 Å². The molecule has 0 unspecified atom stereocenters. The second kappa shape index (κ2) is 4.20. The molecule has 0 bridgehead atoms. The fourth-order valence-electron chi connectivity index (χ4n) is 2.29. The SMILES string of the molecule is CC(C)C[C@@]1(c2ccccc2)NC(=O)NC1=O. The second-order valence-corrected chi connectivity index (χ2v) is 4.78. The van der Waals surface area contributed by atoms with Crippen molar-refractivity contribution in [2.75, 3.05) is 0 Å². The summed E-state index contributed by atoms with van der Waals surface area (Å²) in [5, 5.41) is 5.09. The van der Waals surface area contributed by atoms with E-state index in [1.54, 1.807) is 0 Å². The highest BCUT2D eigenvalue weighted by Gasteiger charge is 2.47. The summed E-state index contributed by atoms with van der Waals surface area (Å²) in [5.74, 6) is 0.0433. The van der Waals surface area contributed by atoms with Gasteiger partial charge in [0.1, 0.15) is 5.54 Å². The van der Waals surface area contributed by atoms with E-state index in [0.29, 0.717) is 12.3 Å². The van der Waals surface area contributed by atoms with Crippen LogP contribution in [0.15, 0.2) is 30.3 Å². The van der Waals surface area contributed by atoms with Crippen molar-refractivity contribution in [1.82, 2.24) is 10.6 Å². The molecular formula is C13H16N2O2. The first-order chi connectivity index (χ1) is 8.04. The Balaban J connectivity index is 2.45. The summed E-state index contributed by atoms with van der Waals surface area (Å²) < 4.78 is 0. The van der Waals surface area contributed by atoms with Crippen molar-refractivity contribution in [3.05, 3.63) is 35.9 Å². The second-order valence-electron chi connectivity index (χ2n) is 4.78. The molecule has 2 N–H and O–H groups in total. The molecule has 1 atom stereocenters. The van der Waals surface area contributed by atoms with Gasteiger partial charge in [-0.3, -0.25) is 10.1 Å². The highest BCUT2D eigenvalue weighted by atomic mass is 16.2. The molecule has 0 aromatic heterocycles. The van der Waals surface area contributed by atoms with Gasteiger partial charge < -0.3 is 5.32 Å². The van der Waals surface area contributed by atoms with E-state index in [2.05, 4.69) is 10.6 Å². The number of imide groups is 1. The van der Waals surface area contributed by atoms with Crippen LogP contribution in [-0.2, 0) is 10.3 Å². The molecule has 1 aromatic rings. The Morgan fingerprint density at radius 3 is 2.29 bits per heavy atom. The van der Waals surface area contributed by atoms with E-state index < -0.39 is 11.6 Å². The van der Waals surface area contributed by atoms with E-state index in [1.807, 2.05) is 44.2 Å². The van der Waals surface area contributed by atoms with E-state index in [4.69, 9.17) is 0 Å². The molecule has 1 fully saturated rings. The molecule has 17 heavy (non-hydrogen) atoms. The zero-order valence-corrected chi connectivity index (χ0v) is 9.99. The predicted octanol–water partition coefficient (Wildman–Crippen LogP) is 1.77. The van der Waals surface area contributed by atoms with Gasteiger partial charge in [-0.2, -0.15) is 0 Å². The van der Waals surface area contributed by atoms with Gasteiger partial charge in [-0.15, -0.1) is 0 Å². The number of carbonyl (C=O) groups is 2. The first kappa shape index (κ1) is 11.6. The number of carbonyl (C=O) groups excluding carboxylic acids is 2. The van der Waals surface area contributed by atoms with E-state index in [1.165, 1.54) is 0 Å². The summed E-state index contributed by atoms with van der Waals surface area (Å²) in [6.45, 7) is 4.06. The van der Waals surface area contributed by atoms with Crippen molar-refractivity contribution in [3.63, 3.8) is 0 Å². The van der Waals surface area contributed by atoms with Gasteiger partial charge in [0.25, 0.3) is 5.91 Å². The third kappa shape index (κ3) is 2.02. The Bertz CT molecular complexity index is 442. The third-order valence-corrected chi connectivity index (χ3v) is 2.92. The number of rotatable bonds is 3. The summed E-state index contributed by atoms with van der Waals surface area (Å²) in [6, 6.07) is 8.95. The molecule has 4 heteroatoms. The number of benzene rings is 1. The number of urea groups is 1. The molecule has 90 valence electrons. The van der Waals surface area contributed by atoms with Gasteiger partial charge in [0.2, 0.25) is 0 Å². The minimum Gasteiger partial charge on any atom is -0.319 e. The van der Waals surface area contributed by atoms with Crippen molar-refractivity contribution in [2.45, 2.75) is 25.8 Å². The summed E-state index contributed by atoms with van der Waals surface area (Å²) in [5.41, 5.74) is -0.0796. The van der Waals surface area contributed by atoms with Crippen molar-refractivity contribution in [1.29, 1.82) is 0 Å². The molecule has 3 amide bonds. The maximum atomic E-state index is 12.0. The normalized spacial score (nSPS) is 23.7. The maximum Gasteiger partial charge on any atom is 0.322 e. The van der Waals surface area contributed by atoms with E-state index >= 15 is 0 Å². The van der Waals surface area contributed by atoms with Gasteiger partial charge in [-0.05, 0) is 17.9 Å². The van der Waals surface area contributed by atoms with Crippen LogP contribution in [0.25, 0.3) is 0 Å². The molecule has 1 aliphatic rings.